The molecule has 0 saturated heterocycles. The molecule has 0 spiro atoms. The second kappa shape index (κ2) is 7.74. The molecule has 0 aliphatic carbocycles. The summed E-state index contributed by atoms with van der Waals surface area (Å²) in [5.74, 6) is 0.375. The minimum atomic E-state index is -1.08. The third-order valence-electron chi connectivity index (χ3n) is 4.59. The number of rotatable bonds is 7. The number of ether oxygens (including phenoxy) is 1. The van der Waals surface area contributed by atoms with E-state index in [-0.39, 0.29) is 5.69 Å². The van der Waals surface area contributed by atoms with Crippen LogP contribution in [0, 0.1) is 0 Å². The highest BCUT2D eigenvalue weighted by Crippen LogP contribution is 2.33. The van der Waals surface area contributed by atoms with E-state index in [2.05, 4.69) is 25.7 Å². The minimum absolute atomic E-state index is 0.0127. The Hall–Kier alpha value is -4.08. The molecule has 10 heteroatoms. The summed E-state index contributed by atoms with van der Waals surface area (Å²) in [5.41, 5.74) is 2.97. The normalized spacial score (nSPS) is 10.9. The molecule has 0 aliphatic heterocycles. The van der Waals surface area contributed by atoms with Gasteiger partial charge in [-0.25, -0.2) is 4.79 Å². The Morgan fingerprint density at radius 1 is 1.30 bits per heavy atom. The molecule has 0 saturated carbocycles. The highest BCUT2D eigenvalue weighted by molar-refractivity contribution is 6.01. The SMILES string of the molecule is COc1c(CNc2ccc3[nH]nc(C(=O)O)c3c2)cccc1-c1nc(N(C)C)no1. The van der Waals surface area contributed by atoms with Gasteiger partial charge in [-0.3, -0.25) is 5.10 Å². The number of carboxylic acid groups (broad SMARTS) is 1. The Morgan fingerprint density at radius 3 is 2.83 bits per heavy atom. The van der Waals surface area contributed by atoms with Gasteiger partial charge in [-0.05, 0) is 29.4 Å². The number of fused-ring (bicyclic) bond motifs is 1. The van der Waals surface area contributed by atoms with E-state index in [0.29, 0.717) is 40.6 Å². The average Bonchev–Trinajstić information content (AvgIpc) is 3.39. The standard InChI is InChI=1S/C20H20N6O4/c1-26(2)20-22-18(30-25-20)13-6-4-5-11(17(13)29-3)10-21-12-7-8-15-14(9-12)16(19(27)28)24-23-15/h4-9,21H,10H2,1-3H3,(H,23,24)(H,27,28). The van der Waals surface area contributed by atoms with E-state index in [1.54, 1.807) is 24.1 Å². The summed E-state index contributed by atoms with van der Waals surface area (Å²) in [6, 6.07) is 11.1. The summed E-state index contributed by atoms with van der Waals surface area (Å²) in [6.07, 6.45) is 0. The number of aromatic nitrogens is 4. The smallest absolute Gasteiger partial charge is 0.357 e. The van der Waals surface area contributed by atoms with Crippen LogP contribution >= 0.6 is 0 Å². The summed E-state index contributed by atoms with van der Waals surface area (Å²) in [4.78, 5) is 17.5. The fourth-order valence-corrected chi connectivity index (χ4v) is 3.12. The number of methoxy groups -OCH3 is 1. The zero-order valence-corrected chi connectivity index (χ0v) is 16.6. The largest absolute Gasteiger partial charge is 0.496 e. The lowest BCUT2D eigenvalue weighted by Crippen LogP contribution is -2.10. The summed E-state index contributed by atoms with van der Waals surface area (Å²) >= 11 is 0. The van der Waals surface area contributed by atoms with Crippen LogP contribution in [0.15, 0.2) is 40.9 Å². The average molecular weight is 408 g/mol. The van der Waals surface area contributed by atoms with Crippen LogP contribution in [-0.2, 0) is 6.54 Å². The van der Waals surface area contributed by atoms with Gasteiger partial charge in [-0.2, -0.15) is 10.1 Å². The molecule has 10 nitrogen and oxygen atoms in total. The van der Waals surface area contributed by atoms with E-state index in [1.165, 1.54) is 0 Å². The lowest BCUT2D eigenvalue weighted by atomic mass is 10.1. The van der Waals surface area contributed by atoms with Crippen LogP contribution in [0.1, 0.15) is 16.1 Å². The lowest BCUT2D eigenvalue weighted by molar-refractivity contribution is 0.0692. The van der Waals surface area contributed by atoms with Crippen LogP contribution in [0.2, 0.25) is 0 Å². The second-order valence-electron chi connectivity index (χ2n) is 6.78. The van der Waals surface area contributed by atoms with E-state index in [1.807, 2.05) is 38.4 Å². The van der Waals surface area contributed by atoms with Crippen LogP contribution in [0.4, 0.5) is 11.6 Å². The van der Waals surface area contributed by atoms with Gasteiger partial charge in [0.25, 0.3) is 11.8 Å². The number of anilines is 2. The van der Waals surface area contributed by atoms with Crippen molar-refractivity contribution in [3.05, 3.63) is 47.7 Å². The maximum atomic E-state index is 11.3. The predicted molar refractivity (Wildman–Crippen MR) is 111 cm³/mol. The summed E-state index contributed by atoms with van der Waals surface area (Å²) < 4.78 is 11.0. The minimum Gasteiger partial charge on any atom is -0.496 e. The van der Waals surface area contributed by atoms with Crippen LogP contribution in [0.3, 0.4) is 0 Å². The maximum absolute atomic E-state index is 11.3. The molecular weight excluding hydrogens is 388 g/mol. The summed E-state index contributed by atoms with van der Waals surface area (Å²) in [6.45, 7) is 0.442. The molecular formula is C20H20N6O4. The molecule has 2 aromatic carbocycles. The number of hydrogen-bond acceptors (Lipinski definition) is 8. The topological polar surface area (TPSA) is 129 Å². The third kappa shape index (κ3) is 3.50. The highest BCUT2D eigenvalue weighted by atomic mass is 16.5. The molecule has 30 heavy (non-hydrogen) atoms. The van der Waals surface area contributed by atoms with Gasteiger partial charge in [0.15, 0.2) is 5.69 Å². The Bertz CT molecular complexity index is 1210. The molecule has 0 bridgehead atoms. The Labute approximate surface area is 171 Å². The number of hydrogen-bond donors (Lipinski definition) is 3. The Balaban J connectivity index is 1.61. The molecule has 3 N–H and O–H groups in total. The van der Waals surface area contributed by atoms with Gasteiger partial charge < -0.3 is 24.6 Å². The molecule has 0 amide bonds. The van der Waals surface area contributed by atoms with Gasteiger partial charge in [0.1, 0.15) is 5.75 Å². The van der Waals surface area contributed by atoms with Crippen molar-refractivity contribution >= 4 is 28.5 Å². The number of H-pyrrole nitrogens is 1. The van der Waals surface area contributed by atoms with Crippen molar-refractivity contribution in [2.24, 2.45) is 0 Å². The zero-order valence-electron chi connectivity index (χ0n) is 16.6. The van der Waals surface area contributed by atoms with Gasteiger partial charge in [-0.1, -0.05) is 12.1 Å². The first-order chi connectivity index (χ1) is 14.5. The quantitative estimate of drug-likeness (QED) is 0.422. The molecule has 0 aliphatic rings. The van der Waals surface area contributed by atoms with Crippen LogP contribution < -0.4 is 15.0 Å². The van der Waals surface area contributed by atoms with Crippen molar-refractivity contribution in [2.45, 2.75) is 6.54 Å². The number of aromatic amines is 1. The number of benzene rings is 2. The van der Waals surface area contributed by atoms with E-state index in [0.717, 1.165) is 11.3 Å². The molecule has 2 aromatic heterocycles. The fourth-order valence-electron chi connectivity index (χ4n) is 3.12. The highest BCUT2D eigenvalue weighted by Gasteiger charge is 2.18. The van der Waals surface area contributed by atoms with E-state index in [4.69, 9.17) is 9.26 Å². The van der Waals surface area contributed by atoms with Crippen LogP contribution in [0.25, 0.3) is 22.4 Å². The monoisotopic (exact) mass is 408 g/mol. The van der Waals surface area contributed by atoms with Gasteiger partial charge in [0.05, 0.1) is 18.2 Å². The van der Waals surface area contributed by atoms with Crippen LogP contribution in [0.5, 0.6) is 5.75 Å². The van der Waals surface area contributed by atoms with E-state index in [9.17, 15) is 9.90 Å². The predicted octanol–water partition coefficient (Wildman–Crippen LogP) is 3.00. The maximum Gasteiger partial charge on any atom is 0.357 e. The van der Waals surface area contributed by atoms with E-state index < -0.39 is 5.97 Å². The summed E-state index contributed by atoms with van der Waals surface area (Å²) in [5, 5.41) is 23.6. The summed E-state index contributed by atoms with van der Waals surface area (Å²) in [7, 11) is 5.25. The van der Waals surface area contributed by atoms with Crippen molar-refractivity contribution in [3.63, 3.8) is 0 Å². The number of nitrogens with one attached hydrogen (secondary N) is 2. The molecule has 0 fully saturated rings. The van der Waals surface area contributed by atoms with Gasteiger partial charge >= 0.3 is 5.97 Å². The van der Waals surface area contributed by atoms with Gasteiger partial charge in [-0.15, -0.1) is 0 Å². The number of carboxylic acids is 1. The molecule has 0 radical (unpaired) electrons. The number of nitrogens with zero attached hydrogens (tertiary/aromatic N) is 4. The third-order valence-corrected chi connectivity index (χ3v) is 4.59. The number of aromatic carboxylic acids is 1. The molecule has 154 valence electrons. The molecule has 4 rings (SSSR count). The van der Waals surface area contributed by atoms with Gasteiger partial charge in [0.2, 0.25) is 0 Å². The fraction of sp³-hybridized carbons (Fsp3) is 0.200. The van der Waals surface area contributed by atoms with Crippen LogP contribution in [-0.4, -0.2) is 52.6 Å². The van der Waals surface area contributed by atoms with Crippen molar-refractivity contribution in [2.75, 3.05) is 31.4 Å². The van der Waals surface area contributed by atoms with Crippen molar-refractivity contribution < 1.29 is 19.2 Å². The van der Waals surface area contributed by atoms with E-state index >= 15 is 0 Å². The Kier molecular flexibility index (Phi) is 4.97. The van der Waals surface area contributed by atoms with Crippen molar-refractivity contribution in [1.29, 1.82) is 0 Å². The lowest BCUT2D eigenvalue weighted by Gasteiger charge is -2.13. The van der Waals surface area contributed by atoms with Crippen molar-refractivity contribution in [3.8, 4) is 17.2 Å². The zero-order chi connectivity index (χ0) is 21.3. The molecule has 4 aromatic rings. The second-order valence-corrected chi connectivity index (χ2v) is 6.78. The first kappa shape index (κ1) is 19.2. The molecule has 2 heterocycles. The Morgan fingerprint density at radius 2 is 2.13 bits per heavy atom. The first-order valence-corrected chi connectivity index (χ1v) is 9.10. The number of para-hydroxylation sites is 1. The molecule has 0 unspecified atom stereocenters. The number of carbonyl (C=O) groups is 1. The van der Waals surface area contributed by atoms with Gasteiger partial charge in [0, 0.05) is 37.3 Å². The van der Waals surface area contributed by atoms with Crippen molar-refractivity contribution in [1.82, 2.24) is 20.3 Å². The molecule has 0 atom stereocenters. The first-order valence-electron chi connectivity index (χ1n) is 9.10.